The van der Waals surface area contributed by atoms with Crippen molar-refractivity contribution in [2.75, 3.05) is 26.2 Å². The Labute approximate surface area is 163 Å². The molecule has 1 aromatic carbocycles. The van der Waals surface area contributed by atoms with Crippen LogP contribution in [0.25, 0.3) is 0 Å². The molecule has 5 nitrogen and oxygen atoms in total. The van der Waals surface area contributed by atoms with E-state index in [9.17, 15) is 4.79 Å². The summed E-state index contributed by atoms with van der Waals surface area (Å²) < 4.78 is 5.82. The average molecular weight is 394 g/mol. The van der Waals surface area contributed by atoms with Gasteiger partial charge in [-0.05, 0) is 38.5 Å². The van der Waals surface area contributed by atoms with Crippen molar-refractivity contribution in [3.8, 4) is 5.75 Å². The van der Waals surface area contributed by atoms with Crippen LogP contribution >= 0.6 is 22.9 Å². The van der Waals surface area contributed by atoms with E-state index < -0.39 is 6.10 Å². The first kappa shape index (κ1) is 19.1. The summed E-state index contributed by atoms with van der Waals surface area (Å²) in [6.07, 6.45) is -0.554. The maximum atomic E-state index is 12.7. The van der Waals surface area contributed by atoms with Gasteiger partial charge in [0.05, 0.1) is 15.7 Å². The van der Waals surface area contributed by atoms with Crippen LogP contribution < -0.4 is 4.74 Å². The standard InChI is InChI=1S/C19H24ClN3O2S/c1-13-4-5-17(20)18(10-13)25-14(2)19(24)23-8-6-22(7-9-23)11-16-12-26-15(3)21-16/h4-5,10,12,14H,6-9,11H2,1-3H3. The molecule has 1 aromatic heterocycles. The number of amides is 1. The monoisotopic (exact) mass is 393 g/mol. The van der Waals surface area contributed by atoms with E-state index in [1.807, 2.05) is 30.9 Å². The molecule has 1 fully saturated rings. The number of halogens is 1. The smallest absolute Gasteiger partial charge is 0.263 e. The molecule has 1 atom stereocenters. The molecule has 3 rings (SSSR count). The number of aromatic nitrogens is 1. The number of rotatable bonds is 5. The zero-order valence-corrected chi connectivity index (χ0v) is 16.9. The molecule has 0 spiro atoms. The van der Waals surface area contributed by atoms with Crippen LogP contribution in [0.4, 0.5) is 0 Å². The second-order valence-corrected chi connectivity index (χ2v) is 8.12. The highest BCUT2D eigenvalue weighted by Crippen LogP contribution is 2.26. The van der Waals surface area contributed by atoms with Crippen molar-refractivity contribution >= 4 is 28.8 Å². The first-order valence-corrected chi connectivity index (χ1v) is 10.0. The van der Waals surface area contributed by atoms with Gasteiger partial charge < -0.3 is 9.64 Å². The minimum atomic E-state index is -0.554. The van der Waals surface area contributed by atoms with Crippen molar-refractivity contribution in [3.63, 3.8) is 0 Å². The fourth-order valence-electron chi connectivity index (χ4n) is 3.04. The number of hydrogen-bond acceptors (Lipinski definition) is 5. The summed E-state index contributed by atoms with van der Waals surface area (Å²) in [5, 5.41) is 3.72. The van der Waals surface area contributed by atoms with Crippen molar-refractivity contribution in [1.82, 2.24) is 14.8 Å². The van der Waals surface area contributed by atoms with Crippen LogP contribution in [-0.2, 0) is 11.3 Å². The Balaban J connectivity index is 1.51. The predicted octanol–water partition coefficient (Wildman–Crippen LogP) is 3.53. The third kappa shape index (κ3) is 4.75. The number of carbonyl (C=O) groups excluding carboxylic acids is 1. The van der Waals surface area contributed by atoms with Crippen molar-refractivity contribution in [2.24, 2.45) is 0 Å². The van der Waals surface area contributed by atoms with Gasteiger partial charge in [-0.2, -0.15) is 0 Å². The van der Waals surface area contributed by atoms with Gasteiger partial charge in [-0.1, -0.05) is 17.7 Å². The van der Waals surface area contributed by atoms with Gasteiger partial charge in [0, 0.05) is 38.1 Å². The van der Waals surface area contributed by atoms with Crippen molar-refractivity contribution in [3.05, 3.63) is 44.9 Å². The number of hydrogen-bond donors (Lipinski definition) is 0. The van der Waals surface area contributed by atoms with Crippen LogP contribution in [0, 0.1) is 13.8 Å². The molecule has 7 heteroatoms. The van der Waals surface area contributed by atoms with Gasteiger partial charge in [-0.25, -0.2) is 4.98 Å². The van der Waals surface area contributed by atoms with Gasteiger partial charge in [-0.3, -0.25) is 9.69 Å². The zero-order valence-electron chi connectivity index (χ0n) is 15.4. The predicted molar refractivity (Wildman–Crippen MR) is 105 cm³/mol. The van der Waals surface area contributed by atoms with Crippen molar-refractivity contribution < 1.29 is 9.53 Å². The fourth-order valence-corrected chi connectivity index (χ4v) is 3.80. The number of carbonyl (C=O) groups is 1. The Bertz CT molecular complexity index is 772. The minimum Gasteiger partial charge on any atom is -0.479 e. The first-order chi connectivity index (χ1) is 12.4. The summed E-state index contributed by atoms with van der Waals surface area (Å²) in [5.41, 5.74) is 2.16. The van der Waals surface area contributed by atoms with E-state index >= 15 is 0 Å². The van der Waals surface area contributed by atoms with E-state index in [0.717, 1.165) is 35.9 Å². The average Bonchev–Trinajstić information content (AvgIpc) is 3.03. The Kier molecular flexibility index (Phi) is 6.16. The molecule has 0 saturated carbocycles. The quantitative estimate of drug-likeness (QED) is 0.779. The first-order valence-electron chi connectivity index (χ1n) is 8.77. The summed E-state index contributed by atoms with van der Waals surface area (Å²) >= 11 is 7.84. The Morgan fingerprint density at radius 1 is 1.31 bits per heavy atom. The fraction of sp³-hybridized carbons (Fsp3) is 0.474. The lowest BCUT2D eigenvalue weighted by Crippen LogP contribution is -2.51. The molecule has 26 heavy (non-hydrogen) atoms. The number of benzene rings is 1. The molecular formula is C19H24ClN3O2S. The Hall–Kier alpha value is -1.63. The molecule has 0 aliphatic carbocycles. The van der Waals surface area contributed by atoms with E-state index in [0.29, 0.717) is 23.9 Å². The summed E-state index contributed by atoms with van der Waals surface area (Å²) in [6, 6.07) is 5.58. The normalized spacial score (nSPS) is 16.5. The van der Waals surface area contributed by atoms with Gasteiger partial charge in [0.2, 0.25) is 0 Å². The lowest BCUT2D eigenvalue weighted by atomic mass is 10.2. The minimum absolute atomic E-state index is 0.00623. The van der Waals surface area contributed by atoms with Gasteiger partial charge in [0.1, 0.15) is 5.75 Å². The molecule has 1 amide bonds. The number of ether oxygens (including phenoxy) is 1. The number of thiazole rings is 1. The summed E-state index contributed by atoms with van der Waals surface area (Å²) in [5.74, 6) is 0.566. The van der Waals surface area contributed by atoms with Gasteiger partial charge in [0.15, 0.2) is 6.10 Å². The highest BCUT2D eigenvalue weighted by atomic mass is 35.5. The van der Waals surface area contributed by atoms with Crippen LogP contribution in [0.1, 0.15) is 23.2 Å². The lowest BCUT2D eigenvalue weighted by molar-refractivity contribution is -0.139. The van der Waals surface area contributed by atoms with Crippen LogP contribution in [0.2, 0.25) is 5.02 Å². The van der Waals surface area contributed by atoms with Crippen LogP contribution in [0.3, 0.4) is 0 Å². The van der Waals surface area contributed by atoms with Gasteiger partial charge in [0.25, 0.3) is 5.91 Å². The van der Waals surface area contributed by atoms with Gasteiger partial charge in [-0.15, -0.1) is 11.3 Å². The molecule has 1 saturated heterocycles. The van der Waals surface area contributed by atoms with Crippen LogP contribution in [0.5, 0.6) is 5.75 Å². The molecule has 0 N–H and O–H groups in total. The second kappa shape index (κ2) is 8.37. The van der Waals surface area contributed by atoms with Crippen LogP contribution in [-0.4, -0.2) is 53.0 Å². The maximum Gasteiger partial charge on any atom is 0.263 e. The molecule has 140 valence electrons. The topological polar surface area (TPSA) is 45.7 Å². The summed E-state index contributed by atoms with van der Waals surface area (Å²) in [7, 11) is 0. The van der Waals surface area contributed by atoms with E-state index in [-0.39, 0.29) is 5.91 Å². The molecule has 2 heterocycles. The lowest BCUT2D eigenvalue weighted by Gasteiger charge is -2.35. The van der Waals surface area contributed by atoms with E-state index in [2.05, 4.69) is 15.3 Å². The summed E-state index contributed by atoms with van der Waals surface area (Å²) in [4.78, 5) is 21.4. The van der Waals surface area contributed by atoms with Crippen molar-refractivity contribution in [1.29, 1.82) is 0 Å². The van der Waals surface area contributed by atoms with E-state index in [4.69, 9.17) is 16.3 Å². The van der Waals surface area contributed by atoms with Crippen molar-refractivity contribution in [2.45, 2.75) is 33.4 Å². The molecule has 0 bridgehead atoms. The Morgan fingerprint density at radius 3 is 2.69 bits per heavy atom. The second-order valence-electron chi connectivity index (χ2n) is 6.65. The third-order valence-electron chi connectivity index (χ3n) is 4.47. The molecular weight excluding hydrogens is 370 g/mol. The molecule has 1 aliphatic heterocycles. The summed E-state index contributed by atoms with van der Waals surface area (Å²) in [6.45, 7) is 9.73. The number of nitrogens with zero attached hydrogens (tertiary/aromatic N) is 3. The number of piperazine rings is 1. The SMILES string of the molecule is Cc1ccc(Cl)c(OC(C)C(=O)N2CCN(Cc3csc(C)n3)CC2)c1. The highest BCUT2D eigenvalue weighted by Gasteiger charge is 2.26. The van der Waals surface area contributed by atoms with E-state index in [1.165, 1.54) is 0 Å². The highest BCUT2D eigenvalue weighted by molar-refractivity contribution is 7.09. The molecule has 1 unspecified atom stereocenters. The molecule has 2 aromatic rings. The Morgan fingerprint density at radius 2 is 2.04 bits per heavy atom. The molecule has 1 aliphatic rings. The van der Waals surface area contributed by atoms with E-state index in [1.54, 1.807) is 24.3 Å². The molecule has 0 radical (unpaired) electrons. The largest absolute Gasteiger partial charge is 0.479 e. The van der Waals surface area contributed by atoms with Gasteiger partial charge >= 0.3 is 0 Å². The number of aryl methyl sites for hydroxylation is 2. The van der Waals surface area contributed by atoms with Crippen LogP contribution in [0.15, 0.2) is 23.6 Å². The third-order valence-corrected chi connectivity index (χ3v) is 5.61. The maximum absolute atomic E-state index is 12.7. The zero-order chi connectivity index (χ0) is 18.7.